The van der Waals surface area contributed by atoms with Crippen molar-refractivity contribution in [2.75, 3.05) is 20.2 Å². The van der Waals surface area contributed by atoms with Crippen LogP contribution in [-0.2, 0) is 17.8 Å². The molecule has 0 spiro atoms. The SMILES string of the molecule is COCc1c(F)cc(CC2CCCNC2)cc1Br. The molecule has 1 saturated heterocycles. The van der Waals surface area contributed by atoms with Gasteiger partial charge in [0.25, 0.3) is 0 Å². The highest BCUT2D eigenvalue weighted by Gasteiger charge is 2.15. The standard InChI is InChI=1S/C14H19BrFNO/c1-18-9-12-13(15)6-11(7-14(12)16)5-10-3-2-4-17-8-10/h6-7,10,17H,2-5,8-9H2,1H3. The number of rotatable bonds is 4. The molecule has 1 atom stereocenters. The predicted octanol–water partition coefficient (Wildman–Crippen LogP) is 3.28. The van der Waals surface area contributed by atoms with Crippen LogP contribution < -0.4 is 5.32 Å². The van der Waals surface area contributed by atoms with Gasteiger partial charge in [0.2, 0.25) is 0 Å². The highest BCUT2D eigenvalue weighted by Crippen LogP contribution is 2.25. The average molecular weight is 316 g/mol. The topological polar surface area (TPSA) is 21.3 Å². The van der Waals surface area contributed by atoms with Crippen molar-refractivity contribution in [3.8, 4) is 0 Å². The van der Waals surface area contributed by atoms with E-state index in [0.717, 1.165) is 29.5 Å². The zero-order valence-electron chi connectivity index (χ0n) is 10.6. The molecule has 18 heavy (non-hydrogen) atoms. The summed E-state index contributed by atoms with van der Waals surface area (Å²) < 4.78 is 19.7. The summed E-state index contributed by atoms with van der Waals surface area (Å²) in [6, 6.07) is 3.67. The van der Waals surface area contributed by atoms with E-state index in [9.17, 15) is 4.39 Å². The molecule has 0 bridgehead atoms. The summed E-state index contributed by atoms with van der Waals surface area (Å²) in [5.41, 5.74) is 1.66. The Labute approximate surface area is 116 Å². The van der Waals surface area contributed by atoms with E-state index in [0.29, 0.717) is 18.1 Å². The molecule has 1 aromatic rings. The van der Waals surface area contributed by atoms with Crippen LogP contribution in [0.4, 0.5) is 4.39 Å². The minimum Gasteiger partial charge on any atom is -0.380 e. The number of methoxy groups -OCH3 is 1. The largest absolute Gasteiger partial charge is 0.380 e. The number of ether oxygens (including phenoxy) is 1. The Morgan fingerprint density at radius 2 is 2.33 bits per heavy atom. The lowest BCUT2D eigenvalue weighted by Crippen LogP contribution is -2.30. The third kappa shape index (κ3) is 3.53. The van der Waals surface area contributed by atoms with Crippen LogP contribution >= 0.6 is 15.9 Å². The second-order valence-electron chi connectivity index (χ2n) is 4.89. The monoisotopic (exact) mass is 315 g/mol. The fourth-order valence-electron chi connectivity index (χ4n) is 2.49. The Morgan fingerprint density at radius 1 is 1.50 bits per heavy atom. The first-order chi connectivity index (χ1) is 8.70. The zero-order chi connectivity index (χ0) is 13.0. The number of piperidine rings is 1. The van der Waals surface area contributed by atoms with E-state index in [1.807, 2.05) is 6.07 Å². The smallest absolute Gasteiger partial charge is 0.130 e. The molecule has 100 valence electrons. The first-order valence-electron chi connectivity index (χ1n) is 6.37. The van der Waals surface area contributed by atoms with Crippen LogP contribution in [0.15, 0.2) is 16.6 Å². The molecule has 0 aromatic heterocycles. The van der Waals surface area contributed by atoms with E-state index < -0.39 is 0 Å². The van der Waals surface area contributed by atoms with Crippen molar-refractivity contribution in [2.24, 2.45) is 5.92 Å². The van der Waals surface area contributed by atoms with Gasteiger partial charge in [0.1, 0.15) is 5.82 Å². The van der Waals surface area contributed by atoms with E-state index in [1.165, 1.54) is 12.8 Å². The molecule has 1 heterocycles. The van der Waals surface area contributed by atoms with Gasteiger partial charge in [-0.15, -0.1) is 0 Å². The highest BCUT2D eigenvalue weighted by molar-refractivity contribution is 9.10. The lowest BCUT2D eigenvalue weighted by Gasteiger charge is -2.23. The summed E-state index contributed by atoms with van der Waals surface area (Å²) in [5.74, 6) is 0.448. The van der Waals surface area contributed by atoms with Gasteiger partial charge < -0.3 is 10.1 Å². The van der Waals surface area contributed by atoms with Crippen LogP contribution in [0.1, 0.15) is 24.0 Å². The first-order valence-corrected chi connectivity index (χ1v) is 7.16. The van der Waals surface area contributed by atoms with Crippen molar-refractivity contribution < 1.29 is 9.13 Å². The maximum atomic E-state index is 13.9. The summed E-state index contributed by atoms with van der Waals surface area (Å²) in [6.07, 6.45) is 3.39. The Kier molecular flexibility index (Phi) is 5.15. The maximum absolute atomic E-state index is 13.9. The maximum Gasteiger partial charge on any atom is 0.130 e. The molecular weight excluding hydrogens is 297 g/mol. The molecule has 1 aromatic carbocycles. The summed E-state index contributed by atoms with van der Waals surface area (Å²) in [4.78, 5) is 0. The van der Waals surface area contributed by atoms with E-state index >= 15 is 0 Å². The van der Waals surface area contributed by atoms with Crippen LogP contribution in [0.25, 0.3) is 0 Å². The molecule has 0 amide bonds. The van der Waals surface area contributed by atoms with E-state index in [1.54, 1.807) is 13.2 Å². The Bertz CT molecular complexity index is 382. The lowest BCUT2D eigenvalue weighted by molar-refractivity contribution is 0.181. The van der Waals surface area contributed by atoms with E-state index in [2.05, 4.69) is 21.2 Å². The molecule has 1 N–H and O–H groups in total. The van der Waals surface area contributed by atoms with Crippen LogP contribution in [0.5, 0.6) is 0 Å². The van der Waals surface area contributed by atoms with Gasteiger partial charge in [-0.2, -0.15) is 0 Å². The Hall–Kier alpha value is -0.450. The molecule has 2 nitrogen and oxygen atoms in total. The third-order valence-electron chi connectivity index (χ3n) is 3.41. The Balaban J connectivity index is 2.09. The molecule has 1 unspecified atom stereocenters. The normalized spacial score (nSPS) is 20.1. The van der Waals surface area contributed by atoms with Crippen LogP contribution in [0.2, 0.25) is 0 Å². The van der Waals surface area contributed by atoms with Crippen LogP contribution in [0.3, 0.4) is 0 Å². The summed E-state index contributed by atoms with van der Waals surface area (Å²) in [5, 5.41) is 3.39. The quantitative estimate of drug-likeness (QED) is 0.920. The van der Waals surface area contributed by atoms with E-state index in [4.69, 9.17) is 4.74 Å². The van der Waals surface area contributed by atoms with Crippen molar-refractivity contribution in [2.45, 2.75) is 25.9 Å². The van der Waals surface area contributed by atoms with Gasteiger partial charge in [0, 0.05) is 17.1 Å². The molecule has 1 aliphatic rings. The van der Waals surface area contributed by atoms with Gasteiger partial charge in [-0.1, -0.05) is 15.9 Å². The van der Waals surface area contributed by atoms with E-state index in [-0.39, 0.29) is 5.82 Å². The molecule has 1 aliphatic heterocycles. The van der Waals surface area contributed by atoms with Crippen LogP contribution in [-0.4, -0.2) is 20.2 Å². The van der Waals surface area contributed by atoms with Gasteiger partial charge >= 0.3 is 0 Å². The van der Waals surface area contributed by atoms with Crippen molar-refractivity contribution in [3.05, 3.63) is 33.5 Å². The molecule has 4 heteroatoms. The van der Waals surface area contributed by atoms with Gasteiger partial charge in [-0.3, -0.25) is 0 Å². The summed E-state index contributed by atoms with van der Waals surface area (Å²) in [6.45, 7) is 2.46. The second-order valence-corrected chi connectivity index (χ2v) is 5.74. The van der Waals surface area contributed by atoms with Gasteiger partial charge in [-0.05, 0) is 56.0 Å². The van der Waals surface area contributed by atoms with Gasteiger partial charge in [0.05, 0.1) is 6.61 Å². The predicted molar refractivity (Wildman–Crippen MR) is 74.1 cm³/mol. The molecule has 1 fully saturated rings. The lowest BCUT2D eigenvalue weighted by atomic mass is 9.92. The number of hydrogen-bond acceptors (Lipinski definition) is 2. The Morgan fingerprint density at radius 3 is 2.94 bits per heavy atom. The fraction of sp³-hybridized carbons (Fsp3) is 0.571. The minimum absolute atomic E-state index is 0.176. The number of halogens is 2. The van der Waals surface area contributed by atoms with Crippen molar-refractivity contribution in [3.63, 3.8) is 0 Å². The van der Waals surface area contributed by atoms with Gasteiger partial charge in [-0.25, -0.2) is 4.39 Å². The minimum atomic E-state index is -0.176. The molecule has 0 saturated carbocycles. The molecule has 0 radical (unpaired) electrons. The number of benzene rings is 1. The summed E-state index contributed by atoms with van der Waals surface area (Å²) >= 11 is 3.43. The van der Waals surface area contributed by atoms with Crippen molar-refractivity contribution in [1.82, 2.24) is 5.32 Å². The van der Waals surface area contributed by atoms with Crippen molar-refractivity contribution in [1.29, 1.82) is 0 Å². The highest BCUT2D eigenvalue weighted by atomic mass is 79.9. The fourth-order valence-corrected chi connectivity index (χ4v) is 3.09. The molecule has 2 rings (SSSR count). The van der Waals surface area contributed by atoms with Crippen LogP contribution in [0, 0.1) is 11.7 Å². The number of nitrogens with one attached hydrogen (secondary N) is 1. The number of hydrogen-bond donors (Lipinski definition) is 1. The second kappa shape index (κ2) is 6.64. The molecule has 0 aliphatic carbocycles. The van der Waals surface area contributed by atoms with Gasteiger partial charge in [0.15, 0.2) is 0 Å². The average Bonchev–Trinajstić information content (AvgIpc) is 2.35. The zero-order valence-corrected chi connectivity index (χ0v) is 12.2. The third-order valence-corrected chi connectivity index (χ3v) is 4.12. The summed E-state index contributed by atoms with van der Waals surface area (Å²) in [7, 11) is 1.58. The van der Waals surface area contributed by atoms with Crippen molar-refractivity contribution >= 4 is 15.9 Å². The first kappa shape index (κ1) is 14.0. The molecular formula is C14H19BrFNO.